The monoisotopic (exact) mass is 334 g/mol. The fourth-order valence-electron chi connectivity index (χ4n) is 2.14. The molecule has 0 aliphatic heterocycles. The highest BCUT2D eigenvalue weighted by Gasteiger charge is 2.02. The van der Waals surface area contributed by atoms with Gasteiger partial charge < -0.3 is 20.1 Å². The van der Waals surface area contributed by atoms with Gasteiger partial charge in [-0.3, -0.25) is 0 Å². The molecule has 0 aromatic heterocycles. The van der Waals surface area contributed by atoms with E-state index in [1.54, 1.807) is 7.11 Å². The van der Waals surface area contributed by atoms with Gasteiger partial charge in [0.2, 0.25) is 0 Å². The van der Waals surface area contributed by atoms with Crippen LogP contribution in [0.3, 0.4) is 0 Å². The Morgan fingerprint density at radius 2 is 1.70 bits per heavy atom. The molecule has 0 aliphatic rings. The van der Waals surface area contributed by atoms with Crippen LogP contribution in [0.2, 0.25) is 5.02 Å². The largest absolute Gasteiger partial charge is 0.495 e. The lowest BCUT2D eigenvalue weighted by Crippen LogP contribution is -2.13. The van der Waals surface area contributed by atoms with Gasteiger partial charge in [0.25, 0.3) is 0 Å². The minimum absolute atomic E-state index is 0.173. The molecular weight excluding hydrogens is 312 g/mol. The number of anilines is 2. The number of halogens is 1. The standard InChI is InChI=1S/C18H23ClN2O2/c1-13(2)23-16-6-4-5-14(11-16)20-9-10-21-15-7-8-18(22-3)17(19)12-15/h4-8,11-13,20-21H,9-10H2,1-3H3. The van der Waals surface area contributed by atoms with Gasteiger partial charge in [0.15, 0.2) is 0 Å². The summed E-state index contributed by atoms with van der Waals surface area (Å²) in [5.41, 5.74) is 2.01. The molecule has 0 atom stereocenters. The van der Waals surface area contributed by atoms with Gasteiger partial charge in [-0.15, -0.1) is 0 Å². The van der Waals surface area contributed by atoms with Gasteiger partial charge in [0.05, 0.1) is 18.2 Å². The Morgan fingerprint density at radius 1 is 1.00 bits per heavy atom. The molecule has 0 saturated carbocycles. The van der Waals surface area contributed by atoms with Gasteiger partial charge in [-0.2, -0.15) is 0 Å². The third-order valence-electron chi connectivity index (χ3n) is 3.14. The summed E-state index contributed by atoms with van der Waals surface area (Å²) < 4.78 is 10.8. The second-order valence-electron chi connectivity index (χ2n) is 5.40. The van der Waals surface area contributed by atoms with E-state index in [0.717, 1.165) is 30.2 Å². The maximum atomic E-state index is 6.10. The van der Waals surface area contributed by atoms with Crippen molar-refractivity contribution < 1.29 is 9.47 Å². The smallest absolute Gasteiger partial charge is 0.137 e. The molecule has 0 aliphatic carbocycles. The van der Waals surface area contributed by atoms with Crippen molar-refractivity contribution in [1.82, 2.24) is 0 Å². The van der Waals surface area contributed by atoms with Crippen LogP contribution in [-0.2, 0) is 0 Å². The number of rotatable bonds is 8. The van der Waals surface area contributed by atoms with Gasteiger partial charge in [0, 0.05) is 30.5 Å². The summed E-state index contributed by atoms with van der Waals surface area (Å²) in [7, 11) is 1.61. The fraction of sp³-hybridized carbons (Fsp3) is 0.333. The zero-order chi connectivity index (χ0) is 16.7. The second kappa shape index (κ2) is 8.53. The van der Waals surface area contributed by atoms with Gasteiger partial charge >= 0.3 is 0 Å². The van der Waals surface area contributed by atoms with Crippen molar-refractivity contribution in [1.29, 1.82) is 0 Å². The lowest BCUT2D eigenvalue weighted by atomic mass is 10.3. The molecule has 0 unspecified atom stereocenters. The molecule has 2 aromatic carbocycles. The van der Waals surface area contributed by atoms with E-state index < -0.39 is 0 Å². The van der Waals surface area contributed by atoms with E-state index in [9.17, 15) is 0 Å². The van der Waals surface area contributed by atoms with Crippen molar-refractivity contribution in [2.24, 2.45) is 0 Å². The third-order valence-corrected chi connectivity index (χ3v) is 3.44. The molecule has 0 radical (unpaired) electrons. The van der Waals surface area contributed by atoms with Crippen LogP contribution in [0, 0.1) is 0 Å². The Bertz CT molecular complexity index is 632. The molecule has 4 nitrogen and oxygen atoms in total. The number of methoxy groups -OCH3 is 1. The normalized spacial score (nSPS) is 10.5. The molecule has 2 N–H and O–H groups in total. The lowest BCUT2D eigenvalue weighted by molar-refractivity contribution is 0.242. The van der Waals surface area contributed by atoms with E-state index in [0.29, 0.717) is 10.8 Å². The summed E-state index contributed by atoms with van der Waals surface area (Å²) in [4.78, 5) is 0. The van der Waals surface area contributed by atoms with Crippen molar-refractivity contribution in [3.05, 3.63) is 47.5 Å². The number of benzene rings is 2. The molecular formula is C18H23ClN2O2. The van der Waals surface area contributed by atoms with E-state index >= 15 is 0 Å². The van der Waals surface area contributed by atoms with E-state index in [-0.39, 0.29) is 6.10 Å². The minimum Gasteiger partial charge on any atom is -0.495 e. The summed E-state index contributed by atoms with van der Waals surface area (Å²) >= 11 is 6.10. The first-order valence-electron chi connectivity index (χ1n) is 7.66. The molecule has 0 saturated heterocycles. The van der Waals surface area contributed by atoms with Crippen LogP contribution >= 0.6 is 11.6 Å². The molecule has 0 amide bonds. The maximum absolute atomic E-state index is 6.10. The molecule has 0 heterocycles. The van der Waals surface area contributed by atoms with Crippen LogP contribution in [0.15, 0.2) is 42.5 Å². The third kappa shape index (κ3) is 5.57. The van der Waals surface area contributed by atoms with Crippen LogP contribution in [0.25, 0.3) is 0 Å². The van der Waals surface area contributed by atoms with E-state index in [4.69, 9.17) is 21.1 Å². The Morgan fingerprint density at radius 3 is 2.30 bits per heavy atom. The highest BCUT2D eigenvalue weighted by Crippen LogP contribution is 2.27. The maximum Gasteiger partial charge on any atom is 0.137 e. The van der Waals surface area contributed by atoms with E-state index in [1.165, 1.54) is 0 Å². The Balaban J connectivity index is 1.80. The number of hydrogen-bond donors (Lipinski definition) is 2. The van der Waals surface area contributed by atoms with Crippen LogP contribution in [0.1, 0.15) is 13.8 Å². The van der Waals surface area contributed by atoms with Gasteiger partial charge in [-0.25, -0.2) is 0 Å². The topological polar surface area (TPSA) is 42.5 Å². The van der Waals surface area contributed by atoms with Crippen LogP contribution in [0.4, 0.5) is 11.4 Å². The van der Waals surface area contributed by atoms with Crippen molar-refractivity contribution in [2.75, 3.05) is 30.8 Å². The molecule has 0 fully saturated rings. The summed E-state index contributed by atoms with van der Waals surface area (Å²) in [6.07, 6.45) is 0.173. The predicted octanol–water partition coefficient (Wildman–Crippen LogP) is 4.66. The minimum atomic E-state index is 0.173. The lowest BCUT2D eigenvalue weighted by Gasteiger charge is -2.13. The van der Waals surface area contributed by atoms with Crippen molar-refractivity contribution >= 4 is 23.0 Å². The average Bonchev–Trinajstić information content (AvgIpc) is 2.51. The zero-order valence-electron chi connectivity index (χ0n) is 13.7. The fourth-order valence-corrected chi connectivity index (χ4v) is 2.40. The average molecular weight is 335 g/mol. The van der Waals surface area contributed by atoms with E-state index in [1.807, 2.05) is 56.3 Å². The first kappa shape index (κ1) is 17.3. The first-order chi connectivity index (χ1) is 11.1. The van der Waals surface area contributed by atoms with Gasteiger partial charge in [0.1, 0.15) is 11.5 Å². The molecule has 2 rings (SSSR count). The second-order valence-corrected chi connectivity index (χ2v) is 5.80. The molecule has 0 bridgehead atoms. The van der Waals surface area contributed by atoms with Crippen LogP contribution in [0.5, 0.6) is 11.5 Å². The summed E-state index contributed by atoms with van der Waals surface area (Å²) in [6, 6.07) is 13.6. The van der Waals surface area contributed by atoms with Crippen molar-refractivity contribution in [3.63, 3.8) is 0 Å². The summed E-state index contributed by atoms with van der Waals surface area (Å²) in [5, 5.41) is 7.29. The van der Waals surface area contributed by atoms with Crippen LogP contribution in [-0.4, -0.2) is 26.3 Å². The first-order valence-corrected chi connectivity index (χ1v) is 8.04. The van der Waals surface area contributed by atoms with Crippen molar-refractivity contribution in [3.8, 4) is 11.5 Å². The molecule has 23 heavy (non-hydrogen) atoms. The Kier molecular flexibility index (Phi) is 6.41. The highest BCUT2D eigenvalue weighted by atomic mass is 35.5. The Labute approximate surface area is 142 Å². The number of hydrogen-bond acceptors (Lipinski definition) is 4. The van der Waals surface area contributed by atoms with Gasteiger partial charge in [-0.1, -0.05) is 17.7 Å². The Hall–Kier alpha value is -2.07. The highest BCUT2D eigenvalue weighted by molar-refractivity contribution is 6.32. The van der Waals surface area contributed by atoms with Crippen molar-refractivity contribution in [2.45, 2.75) is 20.0 Å². The number of nitrogens with one attached hydrogen (secondary N) is 2. The number of ether oxygens (including phenoxy) is 2. The van der Waals surface area contributed by atoms with Gasteiger partial charge in [-0.05, 0) is 44.2 Å². The molecule has 2 aromatic rings. The van der Waals surface area contributed by atoms with E-state index in [2.05, 4.69) is 10.6 Å². The summed E-state index contributed by atoms with van der Waals surface area (Å²) in [6.45, 7) is 5.60. The quantitative estimate of drug-likeness (QED) is 0.689. The molecule has 5 heteroatoms. The predicted molar refractivity (Wildman–Crippen MR) is 97.2 cm³/mol. The summed E-state index contributed by atoms with van der Waals surface area (Å²) in [5.74, 6) is 1.55. The molecule has 124 valence electrons. The molecule has 0 spiro atoms. The zero-order valence-corrected chi connectivity index (χ0v) is 14.5. The SMILES string of the molecule is COc1ccc(NCCNc2cccc(OC(C)C)c2)cc1Cl. The van der Waals surface area contributed by atoms with Crippen LogP contribution < -0.4 is 20.1 Å².